The number of aryl methyl sites for hydroxylation is 1. The zero-order valence-corrected chi connectivity index (χ0v) is 19.5. The van der Waals surface area contributed by atoms with Gasteiger partial charge in [-0.25, -0.2) is 0 Å². The Bertz CT molecular complexity index is 1180. The maximum Gasteiger partial charge on any atom is 0.267 e. The number of carbonyl (C=O) groups is 2. The molecule has 1 N–H and O–H groups in total. The minimum atomic E-state index is -0.595. The first kappa shape index (κ1) is 23.2. The fraction of sp³-hybridized carbons (Fsp3) is 0.259. The molecule has 3 aromatic rings. The number of carbonyl (C=O) groups excluding carboxylic acids is 2. The molecule has 1 heterocycles. The first-order valence-electron chi connectivity index (χ1n) is 11.2. The van der Waals surface area contributed by atoms with Gasteiger partial charge in [0.15, 0.2) is 6.10 Å². The SMILES string of the molecule is COc1ccc(CC(=O)Nc2ccc3c(c2)N(CCOc2cccc(C)c2)C(=O)C(C)O3)cc1. The van der Waals surface area contributed by atoms with Crippen LogP contribution in [0.25, 0.3) is 0 Å². The van der Waals surface area contributed by atoms with Crippen molar-refractivity contribution < 1.29 is 23.8 Å². The van der Waals surface area contributed by atoms with Gasteiger partial charge in [-0.3, -0.25) is 9.59 Å². The van der Waals surface area contributed by atoms with Crippen LogP contribution >= 0.6 is 0 Å². The fourth-order valence-electron chi connectivity index (χ4n) is 3.81. The van der Waals surface area contributed by atoms with E-state index in [1.54, 1.807) is 37.1 Å². The molecule has 0 spiro atoms. The molecule has 0 radical (unpaired) electrons. The van der Waals surface area contributed by atoms with E-state index in [1.807, 2.05) is 55.5 Å². The third kappa shape index (κ3) is 5.49. The number of methoxy groups -OCH3 is 1. The van der Waals surface area contributed by atoms with Gasteiger partial charge in [0.05, 0.1) is 25.8 Å². The molecule has 0 bridgehead atoms. The molecule has 3 aromatic carbocycles. The van der Waals surface area contributed by atoms with E-state index in [9.17, 15) is 9.59 Å². The van der Waals surface area contributed by atoms with Crippen LogP contribution in [-0.2, 0) is 16.0 Å². The van der Waals surface area contributed by atoms with Crippen LogP contribution in [-0.4, -0.2) is 38.2 Å². The minimum absolute atomic E-state index is 0.151. The maximum absolute atomic E-state index is 12.9. The predicted octanol–water partition coefficient (Wildman–Crippen LogP) is 4.38. The number of anilines is 2. The second-order valence-electron chi connectivity index (χ2n) is 8.17. The van der Waals surface area contributed by atoms with Crippen molar-refractivity contribution in [3.05, 3.63) is 77.9 Å². The standard InChI is InChI=1S/C27H28N2O5/c1-18-5-4-6-23(15-18)33-14-13-29-24-17-21(9-12-25(24)34-19(2)27(29)31)28-26(30)16-20-7-10-22(32-3)11-8-20/h4-12,15,17,19H,13-14,16H2,1-3H3,(H,28,30). The Morgan fingerprint density at radius 1 is 1.06 bits per heavy atom. The summed E-state index contributed by atoms with van der Waals surface area (Å²) in [5.41, 5.74) is 3.18. The summed E-state index contributed by atoms with van der Waals surface area (Å²) in [4.78, 5) is 27.1. The minimum Gasteiger partial charge on any atom is -0.497 e. The Morgan fingerprint density at radius 2 is 1.85 bits per heavy atom. The van der Waals surface area contributed by atoms with Gasteiger partial charge >= 0.3 is 0 Å². The van der Waals surface area contributed by atoms with Crippen LogP contribution in [0.1, 0.15) is 18.1 Å². The van der Waals surface area contributed by atoms with Crippen molar-refractivity contribution in [1.82, 2.24) is 0 Å². The summed E-state index contributed by atoms with van der Waals surface area (Å²) in [6, 6.07) is 20.4. The second kappa shape index (κ2) is 10.3. The van der Waals surface area contributed by atoms with Crippen LogP contribution in [0.2, 0.25) is 0 Å². The Morgan fingerprint density at radius 3 is 2.59 bits per heavy atom. The van der Waals surface area contributed by atoms with Crippen LogP contribution in [0, 0.1) is 6.92 Å². The van der Waals surface area contributed by atoms with Crippen LogP contribution < -0.4 is 24.4 Å². The van der Waals surface area contributed by atoms with E-state index in [4.69, 9.17) is 14.2 Å². The highest BCUT2D eigenvalue weighted by Crippen LogP contribution is 2.36. The third-order valence-corrected chi connectivity index (χ3v) is 5.55. The van der Waals surface area contributed by atoms with Gasteiger partial charge in [-0.05, 0) is 67.4 Å². The molecular weight excluding hydrogens is 432 g/mol. The highest BCUT2D eigenvalue weighted by molar-refractivity contribution is 6.01. The number of rotatable bonds is 8. The highest BCUT2D eigenvalue weighted by Gasteiger charge is 2.31. The smallest absolute Gasteiger partial charge is 0.267 e. The average Bonchev–Trinajstić information content (AvgIpc) is 2.82. The molecule has 0 fully saturated rings. The van der Waals surface area contributed by atoms with Gasteiger partial charge in [0, 0.05) is 5.69 Å². The molecule has 0 aromatic heterocycles. The Balaban J connectivity index is 1.44. The lowest BCUT2D eigenvalue weighted by Gasteiger charge is -2.33. The largest absolute Gasteiger partial charge is 0.497 e. The number of nitrogens with one attached hydrogen (secondary N) is 1. The number of fused-ring (bicyclic) bond motifs is 1. The summed E-state index contributed by atoms with van der Waals surface area (Å²) < 4.78 is 16.8. The van der Waals surface area contributed by atoms with Crippen LogP contribution in [0.4, 0.5) is 11.4 Å². The topological polar surface area (TPSA) is 77.1 Å². The van der Waals surface area contributed by atoms with Gasteiger partial charge in [-0.2, -0.15) is 0 Å². The van der Waals surface area contributed by atoms with Crippen molar-refractivity contribution in [3.8, 4) is 17.2 Å². The summed E-state index contributed by atoms with van der Waals surface area (Å²) in [6.07, 6.45) is -0.372. The number of hydrogen-bond acceptors (Lipinski definition) is 5. The van der Waals surface area contributed by atoms with Crippen molar-refractivity contribution in [3.63, 3.8) is 0 Å². The second-order valence-corrected chi connectivity index (χ2v) is 8.17. The molecule has 1 unspecified atom stereocenters. The molecule has 2 amide bonds. The molecular formula is C27H28N2O5. The molecule has 1 aliphatic rings. The van der Waals surface area contributed by atoms with Gasteiger partial charge < -0.3 is 24.4 Å². The molecule has 7 nitrogen and oxygen atoms in total. The maximum atomic E-state index is 12.9. The average molecular weight is 461 g/mol. The van der Waals surface area contributed by atoms with Gasteiger partial charge in [-0.15, -0.1) is 0 Å². The van der Waals surface area contributed by atoms with Gasteiger partial charge in [0.2, 0.25) is 5.91 Å². The van der Waals surface area contributed by atoms with Crippen LogP contribution in [0.5, 0.6) is 17.2 Å². The van der Waals surface area contributed by atoms with Crippen molar-refractivity contribution in [2.75, 3.05) is 30.5 Å². The monoisotopic (exact) mass is 460 g/mol. The van der Waals surface area contributed by atoms with E-state index < -0.39 is 6.10 Å². The summed E-state index contributed by atoms with van der Waals surface area (Å²) in [6.45, 7) is 4.41. The summed E-state index contributed by atoms with van der Waals surface area (Å²) in [7, 11) is 1.60. The first-order valence-corrected chi connectivity index (χ1v) is 11.2. The summed E-state index contributed by atoms with van der Waals surface area (Å²) in [5.74, 6) is 1.78. The Labute approximate surface area is 199 Å². The molecule has 7 heteroatoms. The molecule has 0 saturated heterocycles. The normalized spacial score (nSPS) is 14.7. The molecule has 1 aliphatic heterocycles. The lowest BCUT2D eigenvalue weighted by Crippen LogP contribution is -2.46. The predicted molar refractivity (Wildman–Crippen MR) is 131 cm³/mol. The van der Waals surface area contributed by atoms with Gasteiger partial charge in [0.1, 0.15) is 23.9 Å². The zero-order chi connectivity index (χ0) is 24.1. The Hall–Kier alpha value is -4.00. The van der Waals surface area contributed by atoms with Crippen LogP contribution in [0.15, 0.2) is 66.7 Å². The molecule has 176 valence electrons. The summed E-state index contributed by atoms with van der Waals surface area (Å²) >= 11 is 0. The third-order valence-electron chi connectivity index (χ3n) is 5.55. The van der Waals surface area contributed by atoms with E-state index in [1.165, 1.54) is 0 Å². The van der Waals surface area contributed by atoms with Gasteiger partial charge in [-0.1, -0.05) is 24.3 Å². The van der Waals surface area contributed by atoms with E-state index in [0.29, 0.717) is 30.3 Å². The number of benzene rings is 3. The number of nitrogens with zero attached hydrogens (tertiary/aromatic N) is 1. The van der Waals surface area contributed by atoms with Crippen molar-refractivity contribution >= 4 is 23.2 Å². The van der Waals surface area contributed by atoms with E-state index >= 15 is 0 Å². The molecule has 34 heavy (non-hydrogen) atoms. The van der Waals surface area contributed by atoms with Crippen molar-refractivity contribution in [2.24, 2.45) is 0 Å². The van der Waals surface area contributed by atoms with E-state index in [2.05, 4.69) is 5.32 Å². The zero-order valence-electron chi connectivity index (χ0n) is 19.5. The number of ether oxygens (including phenoxy) is 3. The molecule has 0 aliphatic carbocycles. The number of amides is 2. The lowest BCUT2D eigenvalue weighted by atomic mass is 10.1. The quantitative estimate of drug-likeness (QED) is 0.540. The fourth-order valence-corrected chi connectivity index (χ4v) is 3.81. The number of hydrogen-bond donors (Lipinski definition) is 1. The van der Waals surface area contributed by atoms with Crippen LogP contribution in [0.3, 0.4) is 0 Å². The molecule has 0 saturated carbocycles. The highest BCUT2D eigenvalue weighted by atomic mass is 16.5. The molecule has 1 atom stereocenters. The van der Waals surface area contributed by atoms with E-state index in [-0.39, 0.29) is 18.2 Å². The summed E-state index contributed by atoms with van der Waals surface area (Å²) in [5, 5.41) is 2.91. The first-order chi connectivity index (χ1) is 16.4. The molecule has 4 rings (SSSR count). The van der Waals surface area contributed by atoms with Crippen molar-refractivity contribution in [2.45, 2.75) is 26.4 Å². The van der Waals surface area contributed by atoms with E-state index in [0.717, 1.165) is 22.6 Å². The lowest BCUT2D eigenvalue weighted by molar-refractivity contribution is -0.125. The van der Waals surface area contributed by atoms with Crippen molar-refractivity contribution in [1.29, 1.82) is 0 Å². The Kier molecular flexibility index (Phi) is 7.01. The van der Waals surface area contributed by atoms with Gasteiger partial charge in [0.25, 0.3) is 5.91 Å².